The third-order valence-electron chi connectivity index (χ3n) is 3.79. The summed E-state index contributed by atoms with van der Waals surface area (Å²) < 4.78 is 5.60. The first-order chi connectivity index (χ1) is 9.74. The minimum Gasteiger partial charge on any atom is -0.494 e. The summed E-state index contributed by atoms with van der Waals surface area (Å²) in [6.07, 6.45) is 2.95. The summed E-state index contributed by atoms with van der Waals surface area (Å²) >= 11 is 0. The first-order valence-electron chi connectivity index (χ1n) is 7.42. The summed E-state index contributed by atoms with van der Waals surface area (Å²) in [6.45, 7) is 3.74. The highest BCUT2D eigenvalue weighted by atomic mass is 16.5. The molecule has 1 aromatic rings. The van der Waals surface area contributed by atoms with E-state index in [0.717, 1.165) is 38.2 Å². The largest absolute Gasteiger partial charge is 0.494 e. The van der Waals surface area contributed by atoms with Gasteiger partial charge in [0, 0.05) is 7.05 Å². The van der Waals surface area contributed by atoms with E-state index in [1.807, 2.05) is 12.1 Å². The van der Waals surface area contributed by atoms with Crippen molar-refractivity contribution in [1.82, 2.24) is 10.6 Å². The highest BCUT2D eigenvalue weighted by Crippen LogP contribution is 2.29. The number of ether oxygens (including phenoxy) is 1. The van der Waals surface area contributed by atoms with E-state index in [2.05, 4.69) is 29.7 Å². The lowest BCUT2D eigenvalue weighted by Gasteiger charge is -2.29. The lowest BCUT2D eigenvalue weighted by Crippen LogP contribution is -2.47. The highest BCUT2D eigenvalue weighted by molar-refractivity contribution is 5.81. The molecule has 0 radical (unpaired) electrons. The van der Waals surface area contributed by atoms with Crippen molar-refractivity contribution >= 4 is 5.91 Å². The predicted octanol–water partition coefficient (Wildman–Crippen LogP) is 2.06. The third kappa shape index (κ3) is 3.73. The van der Waals surface area contributed by atoms with Crippen LogP contribution in [0.4, 0.5) is 0 Å². The van der Waals surface area contributed by atoms with E-state index < -0.39 is 0 Å². The number of likely N-dealkylation sites (N-methyl/N-ethyl adjacent to an activating group) is 1. The number of hydrogen-bond donors (Lipinski definition) is 2. The summed E-state index contributed by atoms with van der Waals surface area (Å²) in [5, 5.41) is 5.99. The standard InChI is InChI=1S/C16H24N2O2/c1-3-10-20-14-6-4-12(5-7-14)13-8-9-18-15(11-13)16(19)17-2/h4-7,13,15,18H,3,8-11H2,1-2H3,(H,17,19). The molecule has 4 nitrogen and oxygen atoms in total. The number of amides is 1. The number of nitrogens with one attached hydrogen (secondary N) is 2. The molecule has 0 aromatic heterocycles. The van der Waals surface area contributed by atoms with Gasteiger partial charge in [-0.1, -0.05) is 19.1 Å². The van der Waals surface area contributed by atoms with Crippen LogP contribution < -0.4 is 15.4 Å². The Labute approximate surface area is 120 Å². The fraction of sp³-hybridized carbons (Fsp3) is 0.562. The summed E-state index contributed by atoms with van der Waals surface area (Å²) in [5.74, 6) is 1.45. The second-order valence-corrected chi connectivity index (χ2v) is 5.26. The molecule has 2 atom stereocenters. The Morgan fingerprint density at radius 3 is 2.80 bits per heavy atom. The van der Waals surface area contributed by atoms with Crippen LogP contribution in [-0.2, 0) is 4.79 Å². The van der Waals surface area contributed by atoms with Gasteiger partial charge in [-0.2, -0.15) is 0 Å². The van der Waals surface area contributed by atoms with Gasteiger partial charge in [-0.05, 0) is 49.4 Å². The molecule has 0 spiro atoms. The van der Waals surface area contributed by atoms with Crippen molar-refractivity contribution in [1.29, 1.82) is 0 Å². The van der Waals surface area contributed by atoms with Crippen molar-refractivity contribution in [2.24, 2.45) is 0 Å². The molecule has 4 heteroatoms. The zero-order chi connectivity index (χ0) is 14.4. The monoisotopic (exact) mass is 276 g/mol. The van der Waals surface area contributed by atoms with Gasteiger partial charge in [0.15, 0.2) is 0 Å². The van der Waals surface area contributed by atoms with Gasteiger partial charge in [0.25, 0.3) is 0 Å². The molecule has 0 saturated carbocycles. The Balaban J connectivity index is 1.98. The molecule has 20 heavy (non-hydrogen) atoms. The van der Waals surface area contributed by atoms with Crippen LogP contribution in [0.15, 0.2) is 24.3 Å². The van der Waals surface area contributed by atoms with E-state index in [4.69, 9.17) is 4.74 Å². The average molecular weight is 276 g/mol. The number of benzene rings is 1. The zero-order valence-corrected chi connectivity index (χ0v) is 12.3. The van der Waals surface area contributed by atoms with Gasteiger partial charge >= 0.3 is 0 Å². The predicted molar refractivity (Wildman–Crippen MR) is 80.1 cm³/mol. The maximum absolute atomic E-state index is 11.7. The molecule has 2 N–H and O–H groups in total. The first-order valence-corrected chi connectivity index (χ1v) is 7.42. The molecule has 1 aliphatic heterocycles. The van der Waals surface area contributed by atoms with Gasteiger partial charge in [-0.15, -0.1) is 0 Å². The molecule has 1 amide bonds. The average Bonchev–Trinajstić information content (AvgIpc) is 2.52. The minimum absolute atomic E-state index is 0.0743. The van der Waals surface area contributed by atoms with Crippen LogP contribution >= 0.6 is 0 Å². The van der Waals surface area contributed by atoms with Crippen LogP contribution in [0.3, 0.4) is 0 Å². The van der Waals surface area contributed by atoms with Crippen LogP contribution in [0.5, 0.6) is 5.75 Å². The number of rotatable bonds is 5. The van der Waals surface area contributed by atoms with E-state index in [9.17, 15) is 4.79 Å². The second-order valence-electron chi connectivity index (χ2n) is 5.26. The third-order valence-corrected chi connectivity index (χ3v) is 3.79. The first kappa shape index (κ1) is 14.9. The van der Waals surface area contributed by atoms with Gasteiger partial charge in [-0.3, -0.25) is 4.79 Å². The van der Waals surface area contributed by atoms with E-state index in [-0.39, 0.29) is 11.9 Å². The van der Waals surface area contributed by atoms with Gasteiger partial charge < -0.3 is 15.4 Å². The maximum Gasteiger partial charge on any atom is 0.236 e. The lowest BCUT2D eigenvalue weighted by atomic mass is 9.86. The van der Waals surface area contributed by atoms with Crippen molar-refractivity contribution in [3.63, 3.8) is 0 Å². The highest BCUT2D eigenvalue weighted by Gasteiger charge is 2.26. The summed E-state index contributed by atoms with van der Waals surface area (Å²) in [4.78, 5) is 11.7. The van der Waals surface area contributed by atoms with Crippen LogP contribution in [0.25, 0.3) is 0 Å². The number of piperidine rings is 1. The summed E-state index contributed by atoms with van der Waals surface area (Å²) in [6, 6.07) is 8.24. The van der Waals surface area contributed by atoms with Crippen molar-refractivity contribution in [3.8, 4) is 5.75 Å². The molecular weight excluding hydrogens is 252 g/mol. The molecule has 1 aromatic carbocycles. The van der Waals surface area contributed by atoms with Gasteiger partial charge in [0.2, 0.25) is 5.91 Å². The Morgan fingerprint density at radius 2 is 2.15 bits per heavy atom. The molecule has 1 heterocycles. The maximum atomic E-state index is 11.7. The van der Waals surface area contributed by atoms with Crippen LogP contribution in [0.1, 0.15) is 37.7 Å². The fourth-order valence-electron chi connectivity index (χ4n) is 2.65. The molecular formula is C16H24N2O2. The molecule has 0 bridgehead atoms. The van der Waals surface area contributed by atoms with Gasteiger partial charge in [-0.25, -0.2) is 0 Å². The van der Waals surface area contributed by atoms with E-state index in [1.54, 1.807) is 7.05 Å². The Morgan fingerprint density at radius 1 is 1.40 bits per heavy atom. The smallest absolute Gasteiger partial charge is 0.236 e. The molecule has 1 fully saturated rings. The minimum atomic E-state index is -0.0743. The molecule has 0 aliphatic carbocycles. The van der Waals surface area contributed by atoms with E-state index in [1.165, 1.54) is 5.56 Å². The van der Waals surface area contributed by atoms with Gasteiger partial charge in [0.1, 0.15) is 5.75 Å². The van der Waals surface area contributed by atoms with Crippen LogP contribution in [0, 0.1) is 0 Å². The molecule has 1 aliphatic rings. The van der Waals surface area contributed by atoms with Crippen molar-refractivity contribution < 1.29 is 9.53 Å². The Hall–Kier alpha value is -1.55. The summed E-state index contributed by atoms with van der Waals surface area (Å²) in [5.41, 5.74) is 1.30. The number of hydrogen-bond acceptors (Lipinski definition) is 3. The molecule has 1 saturated heterocycles. The Kier molecular flexibility index (Phi) is 5.41. The van der Waals surface area contributed by atoms with E-state index >= 15 is 0 Å². The molecule has 2 unspecified atom stereocenters. The topological polar surface area (TPSA) is 50.4 Å². The van der Waals surface area contributed by atoms with Crippen molar-refractivity contribution in [2.75, 3.05) is 20.2 Å². The SMILES string of the molecule is CCCOc1ccc(C2CCNC(C(=O)NC)C2)cc1. The molecule has 2 rings (SSSR count). The lowest BCUT2D eigenvalue weighted by molar-refractivity contribution is -0.123. The quantitative estimate of drug-likeness (QED) is 0.865. The van der Waals surface area contributed by atoms with Crippen LogP contribution in [0.2, 0.25) is 0 Å². The summed E-state index contributed by atoms with van der Waals surface area (Å²) in [7, 11) is 1.69. The van der Waals surface area contributed by atoms with E-state index in [0.29, 0.717) is 5.92 Å². The zero-order valence-electron chi connectivity index (χ0n) is 12.3. The van der Waals surface area contributed by atoms with Crippen LogP contribution in [-0.4, -0.2) is 32.1 Å². The number of carbonyl (C=O) groups is 1. The van der Waals surface area contributed by atoms with Crippen molar-refractivity contribution in [3.05, 3.63) is 29.8 Å². The second kappa shape index (κ2) is 7.29. The normalized spacial score (nSPS) is 22.3. The number of carbonyl (C=O) groups excluding carboxylic acids is 1. The Bertz CT molecular complexity index is 431. The molecule has 110 valence electrons. The van der Waals surface area contributed by atoms with Gasteiger partial charge in [0.05, 0.1) is 12.6 Å². The fourth-order valence-corrected chi connectivity index (χ4v) is 2.65. The van der Waals surface area contributed by atoms with Crippen molar-refractivity contribution in [2.45, 2.75) is 38.1 Å².